The second kappa shape index (κ2) is 9.84. The molecule has 32 heavy (non-hydrogen) atoms. The van der Waals surface area contributed by atoms with Crippen LogP contribution in [0, 0.1) is 0 Å². The van der Waals surface area contributed by atoms with Crippen molar-refractivity contribution in [3.8, 4) is 5.75 Å². The number of likely N-dealkylation sites (N-methyl/N-ethyl adjacent to an activating group) is 1. The van der Waals surface area contributed by atoms with E-state index in [2.05, 4.69) is 9.97 Å². The largest absolute Gasteiger partial charge is 0.508 e. The van der Waals surface area contributed by atoms with Gasteiger partial charge in [0.25, 0.3) is 0 Å². The van der Waals surface area contributed by atoms with E-state index in [1.165, 1.54) is 4.90 Å². The van der Waals surface area contributed by atoms with Crippen LogP contribution in [0.1, 0.15) is 26.3 Å². The van der Waals surface area contributed by atoms with Gasteiger partial charge in [-0.05, 0) is 44.5 Å². The number of aromatic nitrogens is 2. The van der Waals surface area contributed by atoms with E-state index in [0.29, 0.717) is 38.5 Å². The molecule has 1 aliphatic heterocycles. The number of amides is 2. The Morgan fingerprint density at radius 1 is 1.09 bits per heavy atom. The molecule has 1 atom stereocenters. The molecule has 2 aromatic rings. The zero-order valence-corrected chi connectivity index (χ0v) is 19.1. The van der Waals surface area contributed by atoms with Crippen molar-refractivity contribution in [2.75, 3.05) is 38.1 Å². The molecule has 2 amide bonds. The second-order valence-electron chi connectivity index (χ2n) is 8.84. The van der Waals surface area contributed by atoms with Crippen LogP contribution in [0.3, 0.4) is 0 Å². The van der Waals surface area contributed by atoms with Crippen LogP contribution in [-0.4, -0.2) is 81.7 Å². The third kappa shape index (κ3) is 6.09. The first-order valence-electron chi connectivity index (χ1n) is 10.7. The predicted molar refractivity (Wildman–Crippen MR) is 120 cm³/mol. The highest BCUT2D eigenvalue weighted by Gasteiger charge is 2.34. The van der Waals surface area contributed by atoms with Crippen LogP contribution in [0.25, 0.3) is 0 Å². The second-order valence-corrected chi connectivity index (χ2v) is 8.84. The van der Waals surface area contributed by atoms with Crippen molar-refractivity contribution in [1.82, 2.24) is 19.8 Å². The van der Waals surface area contributed by atoms with Gasteiger partial charge in [0.15, 0.2) is 0 Å². The van der Waals surface area contributed by atoms with Crippen molar-refractivity contribution in [3.63, 3.8) is 0 Å². The molecule has 1 aromatic heterocycles. The first-order chi connectivity index (χ1) is 15.1. The van der Waals surface area contributed by atoms with E-state index in [0.717, 1.165) is 5.56 Å². The van der Waals surface area contributed by atoms with Crippen LogP contribution in [0.2, 0.25) is 0 Å². The Morgan fingerprint density at radius 3 is 2.25 bits per heavy atom. The number of nitrogens with zero attached hydrogens (tertiary/aromatic N) is 5. The molecule has 9 heteroatoms. The van der Waals surface area contributed by atoms with E-state index >= 15 is 0 Å². The summed E-state index contributed by atoms with van der Waals surface area (Å²) < 4.78 is 5.50. The summed E-state index contributed by atoms with van der Waals surface area (Å²) in [6.45, 7) is 7.60. The molecule has 2 heterocycles. The molecular formula is C23H31N5O4. The van der Waals surface area contributed by atoms with Crippen LogP contribution >= 0.6 is 0 Å². The molecule has 0 saturated carbocycles. The van der Waals surface area contributed by atoms with Gasteiger partial charge in [-0.15, -0.1) is 0 Å². The van der Waals surface area contributed by atoms with Crippen LogP contribution in [0.5, 0.6) is 5.75 Å². The fourth-order valence-corrected chi connectivity index (χ4v) is 3.50. The summed E-state index contributed by atoms with van der Waals surface area (Å²) in [5, 5.41) is 9.57. The first kappa shape index (κ1) is 23.3. The van der Waals surface area contributed by atoms with Gasteiger partial charge in [-0.1, -0.05) is 12.1 Å². The lowest BCUT2D eigenvalue weighted by Crippen LogP contribution is -2.56. The topological polar surface area (TPSA) is 99.1 Å². The molecule has 1 unspecified atom stereocenters. The Labute approximate surface area is 188 Å². The van der Waals surface area contributed by atoms with Crippen LogP contribution in [-0.2, 0) is 16.0 Å². The fraction of sp³-hybridized carbons (Fsp3) is 0.478. The molecule has 9 nitrogen and oxygen atoms in total. The minimum Gasteiger partial charge on any atom is -0.508 e. The van der Waals surface area contributed by atoms with Gasteiger partial charge in [-0.3, -0.25) is 9.69 Å². The maximum Gasteiger partial charge on any atom is 0.410 e. The zero-order valence-electron chi connectivity index (χ0n) is 19.1. The number of piperazine rings is 1. The van der Waals surface area contributed by atoms with Crippen molar-refractivity contribution in [2.45, 2.75) is 38.8 Å². The number of anilines is 1. The number of carbonyl (C=O) groups excluding carboxylic acids is 2. The number of phenols is 1. The summed E-state index contributed by atoms with van der Waals surface area (Å²) in [4.78, 5) is 40.0. The molecule has 0 spiro atoms. The molecule has 1 N–H and O–H groups in total. The van der Waals surface area contributed by atoms with Crippen LogP contribution in [0.15, 0.2) is 42.7 Å². The molecule has 1 saturated heterocycles. The molecule has 0 aliphatic carbocycles. The maximum atomic E-state index is 13.5. The lowest BCUT2D eigenvalue weighted by atomic mass is 10.0. The summed E-state index contributed by atoms with van der Waals surface area (Å²) in [7, 11) is 1.59. The minimum atomic E-state index is -0.728. The summed E-state index contributed by atoms with van der Waals surface area (Å²) in [5.74, 6) is 0.655. The Hall–Kier alpha value is -3.36. The van der Waals surface area contributed by atoms with E-state index in [-0.39, 0.29) is 11.7 Å². The SMILES string of the molecule is CN(C(=O)OC(C)(C)C)C(Cc1ccc(O)cc1)C(=O)N1CCN(c2ncccn2)CC1. The highest BCUT2D eigenvalue weighted by Crippen LogP contribution is 2.19. The van der Waals surface area contributed by atoms with Crippen molar-refractivity contribution in [3.05, 3.63) is 48.3 Å². The smallest absolute Gasteiger partial charge is 0.410 e. The van der Waals surface area contributed by atoms with Crippen LogP contribution < -0.4 is 4.90 Å². The van der Waals surface area contributed by atoms with E-state index in [1.54, 1.807) is 75.4 Å². The van der Waals surface area contributed by atoms with Gasteiger partial charge in [0.1, 0.15) is 17.4 Å². The van der Waals surface area contributed by atoms with E-state index in [4.69, 9.17) is 4.74 Å². The Kier molecular flexibility index (Phi) is 7.17. The zero-order chi connectivity index (χ0) is 23.3. The molecule has 1 fully saturated rings. The number of hydrogen-bond donors (Lipinski definition) is 1. The number of aromatic hydroxyl groups is 1. The molecule has 1 aromatic carbocycles. The maximum absolute atomic E-state index is 13.5. The number of rotatable bonds is 5. The number of carbonyl (C=O) groups is 2. The van der Waals surface area contributed by atoms with Crippen LogP contribution in [0.4, 0.5) is 10.7 Å². The highest BCUT2D eigenvalue weighted by atomic mass is 16.6. The molecular weight excluding hydrogens is 410 g/mol. The van der Waals surface area contributed by atoms with Gasteiger partial charge < -0.3 is 19.6 Å². The Morgan fingerprint density at radius 2 is 1.69 bits per heavy atom. The van der Waals surface area contributed by atoms with Gasteiger partial charge in [-0.25, -0.2) is 14.8 Å². The summed E-state index contributed by atoms with van der Waals surface area (Å²) in [6.07, 6.45) is 3.16. The average molecular weight is 442 g/mol. The van der Waals surface area contributed by atoms with Gasteiger partial charge in [0, 0.05) is 52.0 Å². The first-order valence-corrected chi connectivity index (χ1v) is 10.7. The summed E-state index contributed by atoms with van der Waals surface area (Å²) >= 11 is 0. The van der Waals surface area contributed by atoms with Gasteiger partial charge in [0.2, 0.25) is 11.9 Å². The highest BCUT2D eigenvalue weighted by molar-refractivity contribution is 5.86. The average Bonchev–Trinajstić information content (AvgIpc) is 2.77. The summed E-state index contributed by atoms with van der Waals surface area (Å²) in [6, 6.07) is 7.69. The minimum absolute atomic E-state index is 0.139. The van der Waals surface area contributed by atoms with E-state index < -0.39 is 17.7 Å². The van der Waals surface area contributed by atoms with Gasteiger partial charge in [0.05, 0.1) is 0 Å². The lowest BCUT2D eigenvalue weighted by Gasteiger charge is -2.38. The van der Waals surface area contributed by atoms with Crippen molar-refractivity contribution in [2.24, 2.45) is 0 Å². The van der Waals surface area contributed by atoms with E-state index in [9.17, 15) is 14.7 Å². The van der Waals surface area contributed by atoms with Crippen molar-refractivity contribution in [1.29, 1.82) is 0 Å². The molecule has 1 aliphatic rings. The molecule has 0 bridgehead atoms. The van der Waals surface area contributed by atoms with E-state index in [1.807, 2.05) is 4.90 Å². The van der Waals surface area contributed by atoms with Crippen molar-refractivity contribution < 1.29 is 19.4 Å². The third-order valence-corrected chi connectivity index (χ3v) is 5.23. The Balaban J connectivity index is 1.73. The molecule has 0 radical (unpaired) electrons. The monoisotopic (exact) mass is 441 g/mol. The number of phenolic OH excluding ortho intramolecular Hbond substituents is 1. The third-order valence-electron chi connectivity index (χ3n) is 5.23. The quantitative estimate of drug-likeness (QED) is 0.760. The Bertz CT molecular complexity index is 906. The number of hydrogen-bond acceptors (Lipinski definition) is 7. The van der Waals surface area contributed by atoms with Crippen molar-refractivity contribution >= 4 is 17.9 Å². The predicted octanol–water partition coefficient (Wildman–Crippen LogP) is 2.31. The van der Waals surface area contributed by atoms with Gasteiger partial charge >= 0.3 is 6.09 Å². The normalized spacial score (nSPS) is 15.2. The lowest BCUT2D eigenvalue weighted by molar-refractivity contribution is -0.136. The standard InChI is InChI=1S/C23H31N5O4/c1-23(2,3)32-22(31)26(4)19(16-17-6-8-18(29)9-7-17)20(30)27-12-14-28(15-13-27)21-24-10-5-11-25-21/h5-11,19,29H,12-16H2,1-4H3. The molecule has 172 valence electrons. The summed E-state index contributed by atoms with van der Waals surface area (Å²) in [5.41, 5.74) is 0.173. The number of ether oxygens (including phenoxy) is 1. The van der Waals surface area contributed by atoms with Gasteiger partial charge in [-0.2, -0.15) is 0 Å². The molecule has 3 rings (SSSR count). The fourth-order valence-electron chi connectivity index (χ4n) is 3.50. The number of benzene rings is 1.